The molecule has 16 heavy (non-hydrogen) atoms. The van der Waals surface area contributed by atoms with Gasteiger partial charge in [-0.05, 0) is 52.6 Å². The van der Waals surface area contributed by atoms with Gasteiger partial charge in [-0.1, -0.05) is 6.92 Å². The summed E-state index contributed by atoms with van der Waals surface area (Å²) in [5.41, 5.74) is 0. The number of halogens is 2. The van der Waals surface area contributed by atoms with Crippen molar-refractivity contribution in [1.29, 1.82) is 0 Å². The summed E-state index contributed by atoms with van der Waals surface area (Å²) in [7, 11) is 0. The summed E-state index contributed by atoms with van der Waals surface area (Å²) in [6.45, 7) is 2.79. The minimum atomic E-state index is -0.291. The van der Waals surface area contributed by atoms with Crippen molar-refractivity contribution in [2.75, 3.05) is 12.4 Å². The van der Waals surface area contributed by atoms with Crippen LogP contribution in [0.25, 0.3) is 0 Å². The molecule has 0 heterocycles. The van der Waals surface area contributed by atoms with Crippen LogP contribution in [0.2, 0.25) is 0 Å². The maximum Gasteiger partial charge on any atom is 0.141 e. The molecule has 1 rings (SSSR count). The predicted molar refractivity (Wildman–Crippen MR) is 71.8 cm³/mol. The molecule has 0 aliphatic rings. The third-order valence-corrected chi connectivity index (χ3v) is 3.29. The van der Waals surface area contributed by atoms with Gasteiger partial charge >= 0.3 is 0 Å². The number of ether oxygens (including phenoxy) is 1. The van der Waals surface area contributed by atoms with Crippen LogP contribution in [0.15, 0.2) is 22.7 Å². The first kappa shape index (κ1) is 13.8. The molecule has 0 radical (unpaired) electrons. The number of rotatable bonds is 6. The van der Waals surface area contributed by atoms with Gasteiger partial charge < -0.3 is 4.74 Å². The van der Waals surface area contributed by atoms with Gasteiger partial charge in [0.05, 0.1) is 11.1 Å². The Morgan fingerprint density at radius 2 is 2.19 bits per heavy atom. The highest BCUT2D eigenvalue weighted by Crippen LogP contribution is 2.21. The number of thiol groups is 1. The number of hydrogen-bond donors (Lipinski definition) is 1. The first-order valence-corrected chi connectivity index (χ1v) is 6.74. The molecule has 4 heteroatoms. The first-order chi connectivity index (χ1) is 7.63. The van der Waals surface area contributed by atoms with Crippen molar-refractivity contribution in [1.82, 2.24) is 0 Å². The van der Waals surface area contributed by atoms with Gasteiger partial charge in [0.1, 0.15) is 11.6 Å². The molecule has 0 spiro atoms. The Morgan fingerprint density at radius 1 is 1.44 bits per heavy atom. The molecule has 0 bridgehead atoms. The van der Waals surface area contributed by atoms with Gasteiger partial charge in [0.2, 0.25) is 0 Å². The molecule has 0 saturated heterocycles. The average Bonchev–Trinajstić information content (AvgIpc) is 2.24. The highest BCUT2D eigenvalue weighted by atomic mass is 79.9. The fraction of sp³-hybridized carbons (Fsp3) is 0.500. The van der Waals surface area contributed by atoms with E-state index in [4.69, 9.17) is 4.74 Å². The van der Waals surface area contributed by atoms with Crippen LogP contribution >= 0.6 is 28.6 Å². The van der Waals surface area contributed by atoms with Crippen molar-refractivity contribution in [2.24, 2.45) is 5.92 Å². The molecule has 0 saturated carbocycles. The summed E-state index contributed by atoms with van der Waals surface area (Å²) in [6.07, 6.45) is 2.05. The van der Waals surface area contributed by atoms with Gasteiger partial charge in [0.15, 0.2) is 0 Å². The summed E-state index contributed by atoms with van der Waals surface area (Å²) in [4.78, 5) is 0. The monoisotopic (exact) mass is 306 g/mol. The van der Waals surface area contributed by atoms with Crippen molar-refractivity contribution >= 4 is 28.6 Å². The van der Waals surface area contributed by atoms with Crippen LogP contribution in [0.3, 0.4) is 0 Å². The molecule has 0 amide bonds. The Bertz CT molecular complexity index is 333. The standard InChI is InChI=1S/C12H16BrFOS/c1-9(5-7-16)4-6-15-10-2-3-11(13)12(14)8-10/h2-3,8-9,16H,4-7H2,1H3. The zero-order valence-electron chi connectivity index (χ0n) is 9.25. The second kappa shape index (κ2) is 7.17. The largest absolute Gasteiger partial charge is 0.493 e. The topological polar surface area (TPSA) is 9.23 Å². The summed E-state index contributed by atoms with van der Waals surface area (Å²) < 4.78 is 19.1. The summed E-state index contributed by atoms with van der Waals surface area (Å²) >= 11 is 7.28. The predicted octanol–water partition coefficient (Wildman–Crippen LogP) is 4.31. The normalized spacial score (nSPS) is 12.5. The lowest BCUT2D eigenvalue weighted by molar-refractivity contribution is 0.281. The third-order valence-electron chi connectivity index (χ3n) is 2.39. The van der Waals surface area contributed by atoms with Crippen molar-refractivity contribution in [2.45, 2.75) is 19.8 Å². The molecule has 0 aliphatic carbocycles. The van der Waals surface area contributed by atoms with Crippen LogP contribution in [0, 0.1) is 11.7 Å². The van der Waals surface area contributed by atoms with E-state index in [1.807, 2.05) is 0 Å². The average molecular weight is 307 g/mol. The van der Waals surface area contributed by atoms with E-state index >= 15 is 0 Å². The molecule has 0 fully saturated rings. The second-order valence-corrected chi connectivity index (χ2v) is 5.13. The Labute approximate surface area is 110 Å². The van der Waals surface area contributed by atoms with Gasteiger partial charge in [0.25, 0.3) is 0 Å². The Balaban J connectivity index is 2.34. The highest BCUT2D eigenvalue weighted by molar-refractivity contribution is 9.10. The van der Waals surface area contributed by atoms with Crippen molar-refractivity contribution in [3.05, 3.63) is 28.5 Å². The lowest BCUT2D eigenvalue weighted by atomic mass is 10.1. The van der Waals surface area contributed by atoms with Crippen LogP contribution in [0.1, 0.15) is 19.8 Å². The molecule has 0 N–H and O–H groups in total. The van der Waals surface area contributed by atoms with E-state index in [2.05, 4.69) is 35.5 Å². The molecule has 1 atom stereocenters. The van der Waals surface area contributed by atoms with Crippen LogP contribution < -0.4 is 4.74 Å². The quantitative estimate of drug-likeness (QED) is 0.770. The lowest BCUT2D eigenvalue weighted by Crippen LogP contribution is -2.04. The van der Waals surface area contributed by atoms with Gasteiger partial charge in [-0.3, -0.25) is 0 Å². The van der Waals surface area contributed by atoms with Crippen molar-refractivity contribution in [3.8, 4) is 5.75 Å². The van der Waals surface area contributed by atoms with Gasteiger partial charge in [-0.2, -0.15) is 12.6 Å². The summed E-state index contributed by atoms with van der Waals surface area (Å²) in [6, 6.07) is 4.81. The molecule has 90 valence electrons. The maximum absolute atomic E-state index is 13.1. The smallest absolute Gasteiger partial charge is 0.141 e. The van der Waals surface area contributed by atoms with E-state index in [1.165, 1.54) is 6.07 Å². The van der Waals surface area contributed by atoms with Gasteiger partial charge in [-0.15, -0.1) is 0 Å². The van der Waals surface area contributed by atoms with Crippen molar-refractivity contribution in [3.63, 3.8) is 0 Å². The fourth-order valence-electron chi connectivity index (χ4n) is 1.31. The van der Waals surface area contributed by atoms with Crippen LogP contribution in [-0.4, -0.2) is 12.4 Å². The van der Waals surface area contributed by atoms with Gasteiger partial charge in [-0.25, -0.2) is 4.39 Å². The van der Waals surface area contributed by atoms with E-state index in [-0.39, 0.29) is 5.82 Å². The Hall–Kier alpha value is -0.220. The first-order valence-electron chi connectivity index (χ1n) is 5.32. The van der Waals surface area contributed by atoms with Crippen LogP contribution in [0.5, 0.6) is 5.75 Å². The van der Waals surface area contributed by atoms with E-state index in [9.17, 15) is 4.39 Å². The third kappa shape index (κ3) is 4.74. The molecule has 1 unspecified atom stereocenters. The Morgan fingerprint density at radius 3 is 2.81 bits per heavy atom. The van der Waals surface area contributed by atoms with E-state index in [0.29, 0.717) is 22.7 Å². The van der Waals surface area contributed by atoms with Crippen LogP contribution in [0.4, 0.5) is 4.39 Å². The van der Waals surface area contributed by atoms with E-state index < -0.39 is 0 Å². The summed E-state index contributed by atoms with van der Waals surface area (Å²) in [5, 5.41) is 0. The SMILES string of the molecule is CC(CCS)CCOc1ccc(Br)c(F)c1. The minimum Gasteiger partial charge on any atom is -0.493 e. The molecule has 1 nitrogen and oxygen atoms in total. The summed E-state index contributed by atoms with van der Waals surface area (Å²) in [5.74, 6) is 1.78. The Kier molecular flexibility index (Phi) is 6.21. The number of benzene rings is 1. The fourth-order valence-corrected chi connectivity index (χ4v) is 2.00. The van der Waals surface area contributed by atoms with Gasteiger partial charge in [0, 0.05) is 6.07 Å². The molecular weight excluding hydrogens is 291 g/mol. The number of hydrogen-bond acceptors (Lipinski definition) is 2. The molecular formula is C12H16BrFOS. The van der Waals surface area contributed by atoms with E-state index in [0.717, 1.165) is 18.6 Å². The van der Waals surface area contributed by atoms with E-state index in [1.54, 1.807) is 12.1 Å². The van der Waals surface area contributed by atoms with Crippen LogP contribution in [-0.2, 0) is 0 Å². The molecule has 1 aromatic rings. The van der Waals surface area contributed by atoms with Crippen molar-refractivity contribution < 1.29 is 9.13 Å². The molecule has 1 aromatic carbocycles. The zero-order chi connectivity index (χ0) is 12.0. The lowest BCUT2D eigenvalue weighted by Gasteiger charge is -2.11. The maximum atomic E-state index is 13.1. The molecule has 0 aliphatic heterocycles. The molecule has 0 aromatic heterocycles. The highest BCUT2D eigenvalue weighted by Gasteiger charge is 2.03. The second-order valence-electron chi connectivity index (χ2n) is 3.83. The zero-order valence-corrected chi connectivity index (χ0v) is 11.7. The minimum absolute atomic E-state index is 0.291.